The Morgan fingerprint density at radius 2 is 2.42 bits per heavy atom. The van der Waals surface area contributed by atoms with E-state index in [9.17, 15) is 9.90 Å². The van der Waals surface area contributed by atoms with Crippen LogP contribution in [0.4, 0.5) is 5.82 Å². The molecule has 1 aromatic heterocycles. The third kappa shape index (κ3) is 2.77. The molecule has 2 atom stereocenters. The monoisotopic (exact) mass is 265 g/mol. The number of carboxylic acid groups (broad SMARTS) is 1. The number of carboxylic acids is 1. The molecule has 0 amide bonds. The first-order valence-corrected chi connectivity index (χ1v) is 6.51. The minimum atomic E-state index is -0.762. The van der Waals surface area contributed by atoms with Gasteiger partial charge >= 0.3 is 5.97 Å². The second kappa shape index (κ2) is 5.42. The van der Waals surface area contributed by atoms with Crippen LogP contribution in [0.5, 0.6) is 5.88 Å². The molecule has 1 heterocycles. The molecule has 104 valence electrons. The van der Waals surface area contributed by atoms with Gasteiger partial charge < -0.3 is 15.2 Å². The first-order chi connectivity index (χ1) is 9.06. The maximum Gasteiger partial charge on any atom is 0.311 e. The van der Waals surface area contributed by atoms with Gasteiger partial charge in [-0.05, 0) is 26.7 Å². The van der Waals surface area contributed by atoms with E-state index in [2.05, 4.69) is 15.3 Å². The summed E-state index contributed by atoms with van der Waals surface area (Å²) in [5, 5.41) is 12.6. The summed E-state index contributed by atoms with van der Waals surface area (Å²) in [5.74, 6) is 0.342. The van der Waals surface area contributed by atoms with E-state index in [0.29, 0.717) is 24.7 Å². The first-order valence-electron chi connectivity index (χ1n) is 6.51. The summed E-state index contributed by atoms with van der Waals surface area (Å²) in [5.41, 5.74) is -0.739. The van der Waals surface area contributed by atoms with Crippen LogP contribution in [-0.2, 0) is 4.79 Å². The number of hydrogen-bond donors (Lipinski definition) is 2. The van der Waals surface area contributed by atoms with Crippen LogP contribution in [0, 0.1) is 5.41 Å². The van der Waals surface area contributed by atoms with Crippen LogP contribution >= 0.6 is 0 Å². The fourth-order valence-corrected chi connectivity index (χ4v) is 2.48. The van der Waals surface area contributed by atoms with Gasteiger partial charge in [0.15, 0.2) is 0 Å². The lowest BCUT2D eigenvalue weighted by Gasteiger charge is -2.28. The summed E-state index contributed by atoms with van der Waals surface area (Å²) in [4.78, 5) is 19.5. The van der Waals surface area contributed by atoms with Crippen molar-refractivity contribution in [2.24, 2.45) is 5.41 Å². The second-order valence-electron chi connectivity index (χ2n) is 4.99. The summed E-state index contributed by atoms with van der Waals surface area (Å²) in [6.07, 6.45) is 3.84. The SMILES string of the molecule is CCOc1cc(NC2CCCC2(C)C(=O)O)ncn1. The molecule has 0 aromatic carbocycles. The molecule has 0 bridgehead atoms. The molecule has 0 aliphatic heterocycles. The number of nitrogens with zero attached hydrogens (tertiary/aromatic N) is 2. The zero-order chi connectivity index (χ0) is 13.9. The highest BCUT2D eigenvalue weighted by Gasteiger charge is 2.45. The lowest BCUT2D eigenvalue weighted by molar-refractivity contribution is -0.147. The van der Waals surface area contributed by atoms with Gasteiger partial charge in [-0.3, -0.25) is 4.79 Å². The Morgan fingerprint density at radius 3 is 3.11 bits per heavy atom. The smallest absolute Gasteiger partial charge is 0.311 e. The Hall–Kier alpha value is -1.85. The Morgan fingerprint density at radius 1 is 1.63 bits per heavy atom. The number of ether oxygens (including phenoxy) is 1. The van der Waals surface area contributed by atoms with E-state index in [4.69, 9.17) is 4.74 Å². The van der Waals surface area contributed by atoms with E-state index in [1.165, 1.54) is 6.33 Å². The maximum atomic E-state index is 11.4. The molecule has 0 radical (unpaired) electrons. The molecule has 0 spiro atoms. The van der Waals surface area contributed by atoms with Gasteiger partial charge in [-0.1, -0.05) is 6.42 Å². The molecule has 1 aliphatic carbocycles. The van der Waals surface area contributed by atoms with Gasteiger partial charge in [0, 0.05) is 12.1 Å². The van der Waals surface area contributed by atoms with Gasteiger partial charge in [0.1, 0.15) is 12.1 Å². The Kier molecular flexibility index (Phi) is 3.87. The first kappa shape index (κ1) is 13.6. The molecule has 19 heavy (non-hydrogen) atoms. The van der Waals surface area contributed by atoms with Crippen LogP contribution in [0.3, 0.4) is 0 Å². The fourth-order valence-electron chi connectivity index (χ4n) is 2.48. The number of rotatable bonds is 5. The van der Waals surface area contributed by atoms with Crippen molar-refractivity contribution in [3.63, 3.8) is 0 Å². The summed E-state index contributed by atoms with van der Waals surface area (Å²) < 4.78 is 5.30. The lowest BCUT2D eigenvalue weighted by Crippen LogP contribution is -2.40. The second-order valence-corrected chi connectivity index (χ2v) is 4.99. The van der Waals surface area contributed by atoms with Gasteiger partial charge in [0.25, 0.3) is 0 Å². The molecule has 1 fully saturated rings. The van der Waals surface area contributed by atoms with Crippen LogP contribution in [0.15, 0.2) is 12.4 Å². The predicted octanol–water partition coefficient (Wildman–Crippen LogP) is 1.93. The largest absolute Gasteiger partial charge is 0.481 e. The normalized spacial score (nSPS) is 26.1. The van der Waals surface area contributed by atoms with E-state index in [1.54, 1.807) is 13.0 Å². The van der Waals surface area contributed by atoms with Crippen molar-refractivity contribution in [3.8, 4) is 5.88 Å². The topological polar surface area (TPSA) is 84.3 Å². The van der Waals surface area contributed by atoms with Crippen molar-refractivity contribution >= 4 is 11.8 Å². The van der Waals surface area contributed by atoms with Gasteiger partial charge in [-0.25, -0.2) is 9.97 Å². The molecular formula is C13H19N3O3. The highest BCUT2D eigenvalue weighted by atomic mass is 16.5. The Bertz CT molecular complexity index is 466. The van der Waals surface area contributed by atoms with E-state index in [-0.39, 0.29) is 6.04 Å². The minimum absolute atomic E-state index is 0.116. The van der Waals surface area contributed by atoms with Crippen molar-refractivity contribution in [1.29, 1.82) is 0 Å². The highest BCUT2D eigenvalue weighted by molar-refractivity contribution is 5.76. The average molecular weight is 265 g/mol. The van der Waals surface area contributed by atoms with Crippen molar-refractivity contribution < 1.29 is 14.6 Å². The molecule has 1 aliphatic rings. The molecule has 2 unspecified atom stereocenters. The number of aliphatic carboxylic acids is 1. The Labute approximate surface area is 112 Å². The summed E-state index contributed by atoms with van der Waals surface area (Å²) in [6.45, 7) is 4.20. The van der Waals surface area contributed by atoms with Crippen LogP contribution in [0.1, 0.15) is 33.1 Å². The van der Waals surface area contributed by atoms with E-state index < -0.39 is 11.4 Å². The summed E-state index contributed by atoms with van der Waals surface area (Å²) >= 11 is 0. The van der Waals surface area contributed by atoms with Crippen molar-refractivity contribution in [1.82, 2.24) is 9.97 Å². The van der Waals surface area contributed by atoms with Crippen LogP contribution in [0.25, 0.3) is 0 Å². The number of carbonyl (C=O) groups is 1. The van der Waals surface area contributed by atoms with Gasteiger partial charge in [0.05, 0.1) is 12.0 Å². The standard InChI is InChI=1S/C13H19N3O3/c1-3-19-11-7-10(14-8-15-11)16-9-5-4-6-13(9,2)12(17)18/h7-9H,3-6H2,1-2H3,(H,17,18)(H,14,15,16). The van der Waals surface area contributed by atoms with Crippen LogP contribution in [0.2, 0.25) is 0 Å². The molecule has 2 rings (SSSR count). The van der Waals surface area contributed by atoms with Crippen molar-refractivity contribution in [3.05, 3.63) is 12.4 Å². The molecule has 2 N–H and O–H groups in total. The third-order valence-electron chi connectivity index (χ3n) is 3.70. The maximum absolute atomic E-state index is 11.4. The lowest BCUT2D eigenvalue weighted by atomic mass is 9.85. The molecule has 6 nitrogen and oxygen atoms in total. The zero-order valence-corrected chi connectivity index (χ0v) is 11.2. The minimum Gasteiger partial charge on any atom is -0.481 e. The Balaban J connectivity index is 2.12. The molecule has 1 saturated carbocycles. The predicted molar refractivity (Wildman–Crippen MR) is 70.2 cm³/mol. The van der Waals surface area contributed by atoms with E-state index in [0.717, 1.165) is 12.8 Å². The van der Waals surface area contributed by atoms with Crippen molar-refractivity contribution in [2.45, 2.75) is 39.2 Å². The number of nitrogens with one attached hydrogen (secondary N) is 1. The van der Waals surface area contributed by atoms with E-state index >= 15 is 0 Å². The quantitative estimate of drug-likeness (QED) is 0.846. The molecule has 1 aromatic rings. The van der Waals surface area contributed by atoms with Crippen molar-refractivity contribution in [2.75, 3.05) is 11.9 Å². The molecule has 0 saturated heterocycles. The van der Waals surface area contributed by atoms with Crippen LogP contribution in [-0.4, -0.2) is 33.7 Å². The number of anilines is 1. The van der Waals surface area contributed by atoms with Crippen LogP contribution < -0.4 is 10.1 Å². The number of hydrogen-bond acceptors (Lipinski definition) is 5. The summed E-state index contributed by atoms with van der Waals surface area (Å²) in [7, 11) is 0. The van der Waals surface area contributed by atoms with Gasteiger partial charge in [-0.15, -0.1) is 0 Å². The number of aromatic nitrogens is 2. The zero-order valence-electron chi connectivity index (χ0n) is 11.2. The summed E-state index contributed by atoms with van der Waals surface area (Å²) in [6, 6.07) is 1.58. The molecular weight excluding hydrogens is 246 g/mol. The van der Waals surface area contributed by atoms with Gasteiger partial charge in [-0.2, -0.15) is 0 Å². The molecule has 6 heteroatoms. The average Bonchev–Trinajstić information content (AvgIpc) is 2.73. The highest BCUT2D eigenvalue weighted by Crippen LogP contribution is 2.39. The van der Waals surface area contributed by atoms with E-state index in [1.807, 2.05) is 6.92 Å². The van der Waals surface area contributed by atoms with Gasteiger partial charge in [0.2, 0.25) is 5.88 Å². The third-order valence-corrected chi connectivity index (χ3v) is 3.70. The fraction of sp³-hybridized carbons (Fsp3) is 0.615.